The third kappa shape index (κ3) is 3.37. The van der Waals surface area contributed by atoms with Crippen LogP contribution in [0.4, 0.5) is 5.69 Å². The lowest BCUT2D eigenvalue weighted by molar-refractivity contribution is -0.151. The van der Waals surface area contributed by atoms with E-state index >= 15 is 0 Å². The SMILES string of the molecule is COCCCc1cnc(-c2ccc3c(c2)OCO3)c(N2CC3(CC(C(=O)O)C3)C2)c1. The Kier molecular flexibility index (Phi) is 4.77. The average Bonchev–Trinajstić information content (AvgIpc) is 3.14. The van der Waals surface area contributed by atoms with Crippen LogP contribution in [-0.4, -0.2) is 49.7 Å². The molecule has 0 radical (unpaired) electrons. The van der Waals surface area contributed by atoms with E-state index < -0.39 is 5.97 Å². The maximum Gasteiger partial charge on any atom is 0.306 e. The van der Waals surface area contributed by atoms with Crippen molar-refractivity contribution in [3.05, 3.63) is 36.0 Å². The van der Waals surface area contributed by atoms with Gasteiger partial charge in [0.05, 0.1) is 17.3 Å². The Morgan fingerprint density at radius 3 is 2.83 bits per heavy atom. The van der Waals surface area contributed by atoms with Gasteiger partial charge in [-0.15, -0.1) is 0 Å². The minimum absolute atomic E-state index is 0.154. The van der Waals surface area contributed by atoms with Gasteiger partial charge in [-0.1, -0.05) is 0 Å². The molecular weight excluding hydrogens is 384 g/mol. The molecular formula is C23H26N2O5. The van der Waals surface area contributed by atoms with Crippen molar-refractivity contribution in [3.63, 3.8) is 0 Å². The molecule has 0 unspecified atom stereocenters. The number of fused-ring (bicyclic) bond motifs is 1. The molecule has 1 aliphatic carbocycles. The van der Waals surface area contributed by atoms with E-state index in [0.717, 1.165) is 73.8 Å². The van der Waals surface area contributed by atoms with Gasteiger partial charge in [-0.3, -0.25) is 9.78 Å². The van der Waals surface area contributed by atoms with Crippen molar-refractivity contribution in [1.82, 2.24) is 4.98 Å². The summed E-state index contributed by atoms with van der Waals surface area (Å²) in [6.07, 6.45) is 5.36. The van der Waals surface area contributed by atoms with E-state index in [2.05, 4.69) is 11.0 Å². The molecule has 1 N–H and O–H groups in total. The average molecular weight is 410 g/mol. The predicted octanol–water partition coefficient (Wildman–Crippen LogP) is 3.36. The molecule has 1 aromatic heterocycles. The zero-order chi connectivity index (χ0) is 20.7. The van der Waals surface area contributed by atoms with Crippen molar-refractivity contribution >= 4 is 11.7 Å². The number of carbonyl (C=O) groups is 1. The highest BCUT2D eigenvalue weighted by molar-refractivity contribution is 5.78. The molecule has 1 saturated carbocycles. The Labute approximate surface area is 175 Å². The van der Waals surface area contributed by atoms with Gasteiger partial charge >= 0.3 is 5.97 Å². The van der Waals surface area contributed by atoms with Crippen molar-refractivity contribution in [3.8, 4) is 22.8 Å². The van der Waals surface area contributed by atoms with E-state index in [1.54, 1.807) is 7.11 Å². The van der Waals surface area contributed by atoms with E-state index in [0.29, 0.717) is 0 Å². The molecule has 1 saturated heterocycles. The molecule has 0 atom stereocenters. The Morgan fingerprint density at radius 2 is 2.07 bits per heavy atom. The van der Waals surface area contributed by atoms with Crippen LogP contribution in [0.5, 0.6) is 11.5 Å². The highest BCUT2D eigenvalue weighted by Crippen LogP contribution is 2.54. The predicted molar refractivity (Wildman–Crippen MR) is 111 cm³/mol. The summed E-state index contributed by atoms with van der Waals surface area (Å²) in [4.78, 5) is 18.4. The second-order valence-electron chi connectivity index (χ2n) is 8.68. The standard InChI is InChI=1S/C23H26N2O5/c1-28-6-2-3-15-7-18(25-12-23(13-25)9-17(10-23)22(26)27)21(24-11-15)16-4-5-19-20(8-16)30-14-29-19/h4-5,7-8,11,17H,2-3,6,9-10,12-14H2,1H3,(H,26,27). The van der Waals surface area contributed by atoms with Gasteiger partial charge in [-0.05, 0) is 55.5 Å². The summed E-state index contributed by atoms with van der Waals surface area (Å²) in [6.45, 7) is 2.74. The molecule has 0 bridgehead atoms. The lowest BCUT2D eigenvalue weighted by Crippen LogP contribution is -2.63. The maximum absolute atomic E-state index is 11.2. The first-order valence-electron chi connectivity index (χ1n) is 10.4. The number of aromatic nitrogens is 1. The van der Waals surface area contributed by atoms with Crippen molar-refractivity contribution in [2.24, 2.45) is 11.3 Å². The second-order valence-corrected chi connectivity index (χ2v) is 8.68. The monoisotopic (exact) mass is 410 g/mol. The van der Waals surface area contributed by atoms with Crippen LogP contribution in [0.15, 0.2) is 30.5 Å². The highest BCUT2D eigenvalue weighted by Gasteiger charge is 2.54. The summed E-state index contributed by atoms with van der Waals surface area (Å²) in [7, 11) is 1.72. The largest absolute Gasteiger partial charge is 0.481 e. The van der Waals surface area contributed by atoms with E-state index in [1.807, 2.05) is 24.4 Å². The van der Waals surface area contributed by atoms with Crippen LogP contribution in [0, 0.1) is 11.3 Å². The number of aliphatic carboxylic acids is 1. The summed E-state index contributed by atoms with van der Waals surface area (Å²) >= 11 is 0. The number of carboxylic acid groups (broad SMARTS) is 1. The summed E-state index contributed by atoms with van der Waals surface area (Å²) < 4.78 is 16.2. The molecule has 0 amide bonds. The topological polar surface area (TPSA) is 81.1 Å². The lowest BCUT2D eigenvalue weighted by Gasteiger charge is -2.59. The summed E-state index contributed by atoms with van der Waals surface area (Å²) in [6, 6.07) is 8.15. The van der Waals surface area contributed by atoms with E-state index in [9.17, 15) is 9.90 Å². The number of pyridine rings is 1. The Morgan fingerprint density at radius 1 is 1.27 bits per heavy atom. The fourth-order valence-electron chi connectivity index (χ4n) is 4.91. The zero-order valence-corrected chi connectivity index (χ0v) is 17.1. The zero-order valence-electron chi connectivity index (χ0n) is 17.1. The fraction of sp³-hybridized carbons (Fsp3) is 0.478. The van der Waals surface area contributed by atoms with Gasteiger partial charge in [-0.25, -0.2) is 0 Å². The van der Waals surface area contributed by atoms with E-state index in [4.69, 9.17) is 19.2 Å². The van der Waals surface area contributed by atoms with Crippen molar-refractivity contribution < 1.29 is 24.1 Å². The third-order valence-corrected chi connectivity index (χ3v) is 6.49. The summed E-state index contributed by atoms with van der Waals surface area (Å²) in [5, 5.41) is 9.22. The molecule has 5 rings (SSSR count). The van der Waals surface area contributed by atoms with Crippen molar-refractivity contribution in [1.29, 1.82) is 0 Å². The smallest absolute Gasteiger partial charge is 0.306 e. The molecule has 3 heterocycles. The van der Waals surface area contributed by atoms with Gasteiger partial charge < -0.3 is 24.2 Å². The van der Waals surface area contributed by atoms with E-state index in [-0.39, 0.29) is 18.1 Å². The molecule has 2 aliphatic heterocycles. The number of rotatable bonds is 7. The van der Waals surface area contributed by atoms with Gasteiger partial charge in [0, 0.05) is 44.0 Å². The highest BCUT2D eigenvalue weighted by atomic mass is 16.7. The van der Waals surface area contributed by atoms with Crippen molar-refractivity contribution in [2.75, 3.05) is 38.5 Å². The summed E-state index contributed by atoms with van der Waals surface area (Å²) in [5.41, 5.74) is 4.36. The quantitative estimate of drug-likeness (QED) is 0.701. The molecule has 30 heavy (non-hydrogen) atoms. The van der Waals surface area contributed by atoms with Gasteiger partial charge in [0.1, 0.15) is 0 Å². The fourth-order valence-corrected chi connectivity index (χ4v) is 4.91. The number of anilines is 1. The Hall–Kier alpha value is -2.80. The van der Waals surface area contributed by atoms with Crippen LogP contribution in [0.25, 0.3) is 11.3 Å². The van der Waals surface area contributed by atoms with Crippen LogP contribution >= 0.6 is 0 Å². The molecule has 1 spiro atoms. The number of hydrogen-bond donors (Lipinski definition) is 1. The number of ether oxygens (including phenoxy) is 3. The summed E-state index contributed by atoms with van der Waals surface area (Å²) in [5.74, 6) is 0.655. The molecule has 2 aromatic rings. The number of methoxy groups -OCH3 is 1. The third-order valence-electron chi connectivity index (χ3n) is 6.49. The van der Waals surface area contributed by atoms with Crippen molar-refractivity contribution in [2.45, 2.75) is 25.7 Å². The van der Waals surface area contributed by atoms with Gasteiger partial charge in [0.25, 0.3) is 0 Å². The Bertz CT molecular complexity index is 962. The minimum Gasteiger partial charge on any atom is -0.481 e. The molecule has 7 nitrogen and oxygen atoms in total. The molecule has 2 fully saturated rings. The number of aryl methyl sites for hydroxylation is 1. The first-order valence-corrected chi connectivity index (χ1v) is 10.4. The maximum atomic E-state index is 11.2. The van der Waals surface area contributed by atoms with Crippen LogP contribution < -0.4 is 14.4 Å². The van der Waals surface area contributed by atoms with Crippen LogP contribution in [0.2, 0.25) is 0 Å². The van der Waals surface area contributed by atoms with Gasteiger partial charge in [0.15, 0.2) is 11.5 Å². The Balaban J connectivity index is 1.40. The molecule has 158 valence electrons. The molecule has 7 heteroatoms. The van der Waals surface area contributed by atoms with E-state index in [1.165, 1.54) is 5.56 Å². The van der Waals surface area contributed by atoms with Crippen LogP contribution in [0.3, 0.4) is 0 Å². The van der Waals surface area contributed by atoms with Gasteiger partial charge in [-0.2, -0.15) is 0 Å². The molecule has 1 aromatic carbocycles. The lowest BCUT2D eigenvalue weighted by atomic mass is 9.57. The van der Waals surface area contributed by atoms with Gasteiger partial charge in [0.2, 0.25) is 6.79 Å². The normalized spacial score (nSPS) is 18.9. The van der Waals surface area contributed by atoms with Crippen LogP contribution in [-0.2, 0) is 16.0 Å². The first kappa shape index (κ1) is 19.2. The number of carboxylic acids is 1. The first-order chi connectivity index (χ1) is 14.6. The molecule has 3 aliphatic rings. The van der Waals surface area contributed by atoms with Crippen LogP contribution in [0.1, 0.15) is 24.8 Å². The second kappa shape index (κ2) is 7.47. The minimum atomic E-state index is -0.665. The number of hydrogen-bond acceptors (Lipinski definition) is 6. The number of nitrogens with zero attached hydrogens (tertiary/aromatic N) is 2. The number of benzene rings is 1.